The van der Waals surface area contributed by atoms with E-state index in [1.54, 1.807) is 20.8 Å². The van der Waals surface area contributed by atoms with E-state index in [2.05, 4.69) is 0 Å². The van der Waals surface area contributed by atoms with Crippen molar-refractivity contribution in [3.63, 3.8) is 0 Å². The van der Waals surface area contributed by atoms with Gasteiger partial charge in [-0.2, -0.15) is 0 Å². The Hall–Kier alpha value is -1.28. The van der Waals surface area contributed by atoms with Crippen LogP contribution in [-0.4, -0.2) is 59.9 Å². The molecule has 0 unspecified atom stereocenters. The maximum atomic E-state index is 12.0. The van der Waals surface area contributed by atoms with Crippen molar-refractivity contribution in [2.24, 2.45) is 5.41 Å². The van der Waals surface area contributed by atoms with Crippen molar-refractivity contribution >= 4 is 19.2 Å². The van der Waals surface area contributed by atoms with Crippen molar-refractivity contribution in [1.82, 2.24) is 4.90 Å². The molecule has 1 fully saturated rings. The number of ether oxygens (including phenoxy) is 2. The molecule has 1 saturated heterocycles. The standard InChI is InChI=1S/C13H24BNO6/c1-12(2,3)21-11(17)15-7-5-13(6-8-15,9-14(18)19)10(16)20-4/h18-19H,5-9H2,1-4H3. The smallest absolute Gasteiger partial charge is 0.452 e. The van der Waals surface area contributed by atoms with Gasteiger partial charge in [0.05, 0.1) is 12.5 Å². The van der Waals surface area contributed by atoms with Crippen molar-refractivity contribution in [3.8, 4) is 0 Å². The van der Waals surface area contributed by atoms with E-state index in [1.165, 1.54) is 12.0 Å². The quantitative estimate of drug-likeness (QED) is 0.587. The highest BCUT2D eigenvalue weighted by atomic mass is 16.6. The first-order valence-corrected chi connectivity index (χ1v) is 7.02. The normalized spacial score (nSPS) is 18.1. The fourth-order valence-corrected chi connectivity index (χ4v) is 2.50. The van der Waals surface area contributed by atoms with Crippen LogP contribution in [-0.2, 0) is 14.3 Å². The lowest BCUT2D eigenvalue weighted by Crippen LogP contribution is -2.49. The maximum Gasteiger partial charge on any atom is 0.452 e. The molecular weight excluding hydrogens is 277 g/mol. The number of carbonyl (C=O) groups excluding carboxylic acids is 2. The van der Waals surface area contributed by atoms with Crippen LogP contribution in [0.15, 0.2) is 0 Å². The number of methoxy groups -OCH3 is 1. The van der Waals surface area contributed by atoms with Crippen molar-refractivity contribution in [2.45, 2.75) is 45.5 Å². The molecule has 1 aliphatic heterocycles. The number of hydrogen-bond acceptors (Lipinski definition) is 6. The third-order valence-corrected chi connectivity index (χ3v) is 3.56. The Morgan fingerprint density at radius 2 is 1.76 bits per heavy atom. The summed E-state index contributed by atoms with van der Waals surface area (Å²) in [5, 5.41) is 18.4. The fraction of sp³-hybridized carbons (Fsp3) is 0.846. The molecule has 2 N–H and O–H groups in total. The van der Waals surface area contributed by atoms with E-state index in [0.717, 1.165) is 0 Å². The summed E-state index contributed by atoms with van der Waals surface area (Å²) >= 11 is 0. The van der Waals surface area contributed by atoms with Crippen molar-refractivity contribution < 1.29 is 29.1 Å². The first-order chi connectivity index (χ1) is 9.59. The average molecular weight is 301 g/mol. The second kappa shape index (κ2) is 6.66. The van der Waals surface area contributed by atoms with Gasteiger partial charge < -0.3 is 24.4 Å². The summed E-state index contributed by atoms with van der Waals surface area (Å²) in [6, 6.07) is 0. The summed E-state index contributed by atoms with van der Waals surface area (Å²) < 4.78 is 10.1. The van der Waals surface area contributed by atoms with E-state index in [-0.39, 0.29) is 6.32 Å². The Morgan fingerprint density at radius 1 is 1.24 bits per heavy atom. The number of likely N-dealkylation sites (tertiary alicyclic amines) is 1. The molecular formula is C13H24BNO6. The van der Waals surface area contributed by atoms with E-state index < -0.39 is 30.2 Å². The lowest BCUT2D eigenvalue weighted by Gasteiger charge is -2.39. The summed E-state index contributed by atoms with van der Waals surface area (Å²) in [5.41, 5.74) is -1.53. The minimum atomic E-state index is -1.59. The first-order valence-electron chi connectivity index (χ1n) is 7.02. The van der Waals surface area contributed by atoms with Crippen LogP contribution >= 0.6 is 0 Å². The van der Waals surface area contributed by atoms with E-state index in [9.17, 15) is 19.6 Å². The summed E-state index contributed by atoms with van der Waals surface area (Å²) in [6.45, 7) is 5.99. The van der Waals surface area contributed by atoms with Crippen LogP contribution in [0.25, 0.3) is 0 Å². The number of hydrogen-bond donors (Lipinski definition) is 2. The van der Waals surface area contributed by atoms with Crippen molar-refractivity contribution in [2.75, 3.05) is 20.2 Å². The zero-order valence-electron chi connectivity index (χ0n) is 13.1. The molecule has 0 radical (unpaired) electrons. The second-order valence-corrected chi connectivity index (χ2v) is 6.42. The van der Waals surface area contributed by atoms with Gasteiger partial charge in [-0.25, -0.2) is 4.79 Å². The van der Waals surface area contributed by atoms with Gasteiger partial charge in [-0.3, -0.25) is 4.79 Å². The SMILES string of the molecule is COC(=O)C1(CB(O)O)CCN(C(=O)OC(C)(C)C)CC1. The number of piperidine rings is 1. The Kier molecular flexibility index (Phi) is 5.64. The van der Waals surface area contributed by atoms with Gasteiger partial charge in [0.2, 0.25) is 0 Å². The molecule has 1 heterocycles. The third kappa shape index (κ3) is 4.89. The fourth-order valence-electron chi connectivity index (χ4n) is 2.50. The monoisotopic (exact) mass is 301 g/mol. The van der Waals surface area contributed by atoms with Gasteiger partial charge in [-0.15, -0.1) is 0 Å². The summed E-state index contributed by atoms with van der Waals surface area (Å²) in [6.07, 6.45) is 0.111. The van der Waals surface area contributed by atoms with E-state index in [0.29, 0.717) is 25.9 Å². The zero-order chi connectivity index (χ0) is 16.3. The Labute approximate surface area is 125 Å². The third-order valence-electron chi connectivity index (χ3n) is 3.56. The van der Waals surface area contributed by atoms with Crippen LogP contribution in [0.4, 0.5) is 4.79 Å². The van der Waals surface area contributed by atoms with Crippen molar-refractivity contribution in [1.29, 1.82) is 0 Å². The molecule has 0 aromatic carbocycles. The average Bonchev–Trinajstić information content (AvgIpc) is 2.35. The highest BCUT2D eigenvalue weighted by molar-refractivity contribution is 6.41. The molecule has 1 amide bonds. The molecule has 0 aliphatic carbocycles. The second-order valence-electron chi connectivity index (χ2n) is 6.42. The highest BCUT2D eigenvalue weighted by Crippen LogP contribution is 2.37. The minimum Gasteiger partial charge on any atom is -0.469 e. The summed E-state index contributed by atoms with van der Waals surface area (Å²) in [5.74, 6) is -0.473. The lowest BCUT2D eigenvalue weighted by atomic mass is 9.64. The first kappa shape index (κ1) is 17.8. The summed E-state index contributed by atoms with van der Waals surface area (Å²) in [7, 11) is -0.314. The van der Waals surface area contributed by atoms with Crippen LogP contribution in [0, 0.1) is 5.41 Å². The molecule has 0 bridgehead atoms. The number of rotatable bonds is 3. The number of nitrogens with zero attached hydrogens (tertiary/aromatic N) is 1. The van der Waals surface area contributed by atoms with E-state index in [1.807, 2.05) is 0 Å². The van der Waals surface area contributed by atoms with Crippen LogP contribution in [0.1, 0.15) is 33.6 Å². The van der Waals surface area contributed by atoms with E-state index >= 15 is 0 Å². The molecule has 1 aliphatic rings. The van der Waals surface area contributed by atoms with Gasteiger partial charge >= 0.3 is 19.2 Å². The Morgan fingerprint density at radius 3 is 2.14 bits per heavy atom. The van der Waals surface area contributed by atoms with Crippen LogP contribution in [0.3, 0.4) is 0 Å². The van der Waals surface area contributed by atoms with Crippen LogP contribution in [0.2, 0.25) is 6.32 Å². The predicted molar refractivity (Wildman–Crippen MR) is 76.5 cm³/mol. The molecule has 0 saturated carbocycles. The van der Waals surface area contributed by atoms with E-state index in [4.69, 9.17) is 9.47 Å². The van der Waals surface area contributed by atoms with Gasteiger partial charge in [-0.05, 0) is 39.9 Å². The van der Waals surface area contributed by atoms with Gasteiger partial charge in [0, 0.05) is 13.1 Å². The molecule has 21 heavy (non-hydrogen) atoms. The number of carbonyl (C=O) groups is 2. The summed E-state index contributed by atoms with van der Waals surface area (Å²) in [4.78, 5) is 25.4. The predicted octanol–water partition coefficient (Wildman–Crippen LogP) is 0.649. The van der Waals surface area contributed by atoms with Gasteiger partial charge in [0.15, 0.2) is 0 Å². The number of amides is 1. The van der Waals surface area contributed by atoms with Gasteiger partial charge in [0.1, 0.15) is 5.60 Å². The van der Waals surface area contributed by atoms with Crippen LogP contribution in [0.5, 0.6) is 0 Å². The Balaban J connectivity index is 2.70. The molecule has 7 nitrogen and oxygen atoms in total. The lowest BCUT2D eigenvalue weighted by molar-refractivity contribution is -0.154. The zero-order valence-corrected chi connectivity index (χ0v) is 13.1. The maximum absolute atomic E-state index is 12.0. The largest absolute Gasteiger partial charge is 0.469 e. The molecule has 0 aromatic rings. The molecule has 120 valence electrons. The van der Waals surface area contributed by atoms with Crippen LogP contribution < -0.4 is 0 Å². The topological polar surface area (TPSA) is 96.3 Å². The highest BCUT2D eigenvalue weighted by Gasteiger charge is 2.46. The molecule has 0 spiro atoms. The van der Waals surface area contributed by atoms with Crippen molar-refractivity contribution in [3.05, 3.63) is 0 Å². The molecule has 0 atom stereocenters. The number of esters is 1. The van der Waals surface area contributed by atoms with Gasteiger partial charge in [0.25, 0.3) is 0 Å². The molecule has 1 rings (SSSR count). The minimum absolute atomic E-state index is 0.0954. The van der Waals surface area contributed by atoms with Gasteiger partial charge in [-0.1, -0.05) is 0 Å². The Bertz CT molecular complexity index is 385. The molecule has 0 aromatic heterocycles. The molecule has 8 heteroatoms.